The van der Waals surface area contributed by atoms with Crippen molar-refractivity contribution < 1.29 is 19.4 Å². The molecule has 0 atom stereocenters. The molecule has 0 unspecified atom stereocenters. The van der Waals surface area contributed by atoms with Crippen molar-refractivity contribution in [2.75, 3.05) is 0 Å². The van der Waals surface area contributed by atoms with Crippen molar-refractivity contribution in [2.45, 2.75) is 0 Å². The van der Waals surface area contributed by atoms with Gasteiger partial charge in [-0.3, -0.25) is 0 Å². The molecule has 1 aliphatic rings. The second kappa shape index (κ2) is 7.22. The first kappa shape index (κ1) is 19.0. The Kier molecular flexibility index (Phi) is 4.89. The van der Waals surface area contributed by atoms with E-state index >= 15 is 0 Å². The van der Waals surface area contributed by atoms with E-state index in [9.17, 15) is 9.59 Å². The Morgan fingerprint density at radius 2 is 1.86 bits per heavy atom. The van der Waals surface area contributed by atoms with Crippen molar-refractivity contribution in [3.05, 3.63) is 73.2 Å². The van der Waals surface area contributed by atoms with Crippen LogP contribution in [0.15, 0.2) is 47.1 Å². The van der Waals surface area contributed by atoms with Gasteiger partial charge in [0.15, 0.2) is 5.70 Å². The van der Waals surface area contributed by atoms with Gasteiger partial charge in [0.25, 0.3) is 0 Å². The summed E-state index contributed by atoms with van der Waals surface area (Å²) < 4.78 is 6.02. The maximum absolute atomic E-state index is 12.2. The zero-order valence-corrected chi connectivity index (χ0v) is 16.8. The van der Waals surface area contributed by atoms with Gasteiger partial charge in [-0.2, -0.15) is 0 Å². The molecule has 1 aromatic heterocycles. The largest absolute Gasteiger partial charge is 0.478 e. The normalized spacial score (nSPS) is 15.2. The van der Waals surface area contributed by atoms with Crippen LogP contribution in [0.3, 0.4) is 0 Å². The molecule has 3 aromatic rings. The molecule has 0 aliphatic carbocycles. The highest BCUT2D eigenvalue weighted by molar-refractivity contribution is 7.21. The number of rotatable bonds is 3. The summed E-state index contributed by atoms with van der Waals surface area (Å²) in [6, 6.07) is 9.34. The molecule has 0 saturated heterocycles. The third kappa shape index (κ3) is 3.40. The number of aliphatic imine (C=N–C) groups is 1. The zero-order chi connectivity index (χ0) is 20.0. The van der Waals surface area contributed by atoms with Crippen LogP contribution in [0.1, 0.15) is 20.8 Å². The van der Waals surface area contributed by atoms with Gasteiger partial charge in [0.2, 0.25) is 5.90 Å². The fourth-order valence-electron chi connectivity index (χ4n) is 2.64. The summed E-state index contributed by atoms with van der Waals surface area (Å²) in [5.74, 6) is -1.58. The standard InChI is InChI=1S/C19H8Cl3NO4S/c20-10-6-11(21)14-13(7-10)28-16(15(14)22)17-23-12(19(26)27-17)5-8-1-3-9(4-2-8)18(24)25/h1-7H,(H,24,25)/b12-5-. The first-order valence-electron chi connectivity index (χ1n) is 7.77. The molecule has 0 saturated carbocycles. The van der Waals surface area contributed by atoms with Gasteiger partial charge in [-0.05, 0) is 35.9 Å². The minimum absolute atomic E-state index is 0.0794. The van der Waals surface area contributed by atoms with E-state index in [-0.39, 0.29) is 17.2 Å². The second-order valence-electron chi connectivity index (χ2n) is 5.77. The number of ether oxygens (including phenoxy) is 1. The average molecular weight is 453 g/mol. The Balaban J connectivity index is 1.73. The van der Waals surface area contributed by atoms with Crippen LogP contribution in [-0.2, 0) is 9.53 Å². The molecule has 0 radical (unpaired) electrons. The fraction of sp³-hybridized carbons (Fsp3) is 0. The van der Waals surface area contributed by atoms with Gasteiger partial charge < -0.3 is 9.84 Å². The number of carbonyl (C=O) groups excluding carboxylic acids is 1. The summed E-state index contributed by atoms with van der Waals surface area (Å²) in [6.07, 6.45) is 1.51. The number of carbonyl (C=O) groups is 2. The van der Waals surface area contributed by atoms with Crippen molar-refractivity contribution in [1.82, 2.24) is 0 Å². The molecule has 2 heterocycles. The first-order chi connectivity index (χ1) is 13.3. The number of hydrogen-bond acceptors (Lipinski definition) is 5. The quantitative estimate of drug-likeness (QED) is 0.396. The predicted molar refractivity (Wildman–Crippen MR) is 111 cm³/mol. The fourth-order valence-corrected chi connectivity index (χ4v) is 4.93. The topological polar surface area (TPSA) is 76.0 Å². The lowest BCUT2D eigenvalue weighted by atomic mass is 10.1. The lowest BCUT2D eigenvalue weighted by molar-refractivity contribution is -0.129. The van der Waals surface area contributed by atoms with Crippen LogP contribution in [0.25, 0.3) is 16.2 Å². The second-order valence-corrected chi connectivity index (χ2v) is 8.04. The van der Waals surface area contributed by atoms with Crippen LogP contribution >= 0.6 is 46.1 Å². The van der Waals surface area contributed by atoms with Crippen molar-refractivity contribution in [2.24, 2.45) is 4.99 Å². The number of nitrogens with zero attached hydrogens (tertiary/aromatic N) is 1. The van der Waals surface area contributed by atoms with Crippen LogP contribution < -0.4 is 0 Å². The van der Waals surface area contributed by atoms with Crippen LogP contribution in [-0.4, -0.2) is 22.9 Å². The summed E-state index contributed by atoms with van der Waals surface area (Å²) in [6.45, 7) is 0. The molecule has 28 heavy (non-hydrogen) atoms. The smallest absolute Gasteiger partial charge is 0.363 e. The number of aromatic carboxylic acids is 1. The molecule has 5 nitrogen and oxygen atoms in total. The number of fused-ring (bicyclic) bond motifs is 1. The number of carboxylic acids is 1. The Morgan fingerprint density at radius 1 is 1.14 bits per heavy atom. The van der Waals surface area contributed by atoms with Crippen LogP contribution in [0, 0.1) is 0 Å². The molecule has 1 aliphatic heterocycles. The highest BCUT2D eigenvalue weighted by Gasteiger charge is 2.28. The molecule has 0 spiro atoms. The zero-order valence-electron chi connectivity index (χ0n) is 13.7. The Hall–Kier alpha value is -2.38. The van der Waals surface area contributed by atoms with Gasteiger partial charge in [0, 0.05) is 15.1 Å². The maximum atomic E-state index is 12.2. The Bertz CT molecular complexity index is 1210. The molecule has 9 heteroatoms. The highest BCUT2D eigenvalue weighted by Crippen LogP contribution is 2.42. The molecule has 1 N–H and O–H groups in total. The van der Waals surface area contributed by atoms with Crippen LogP contribution in [0.4, 0.5) is 0 Å². The van der Waals surface area contributed by atoms with E-state index in [0.717, 1.165) is 4.70 Å². The van der Waals surface area contributed by atoms with E-state index in [0.29, 0.717) is 30.9 Å². The van der Waals surface area contributed by atoms with Gasteiger partial charge in [0.1, 0.15) is 4.88 Å². The van der Waals surface area contributed by atoms with E-state index in [1.165, 1.54) is 29.5 Å². The Morgan fingerprint density at radius 3 is 2.54 bits per heavy atom. The Labute approximate surface area is 177 Å². The number of esters is 1. The van der Waals surface area contributed by atoms with Gasteiger partial charge >= 0.3 is 11.9 Å². The maximum Gasteiger partial charge on any atom is 0.363 e. The average Bonchev–Trinajstić information content (AvgIpc) is 3.15. The van der Waals surface area contributed by atoms with Crippen LogP contribution in [0.5, 0.6) is 0 Å². The van der Waals surface area contributed by atoms with E-state index in [4.69, 9.17) is 44.6 Å². The third-order valence-electron chi connectivity index (χ3n) is 3.93. The molecule has 0 bridgehead atoms. The summed E-state index contributed by atoms with van der Waals surface area (Å²) in [5, 5.41) is 10.8. The number of cyclic esters (lactones) is 1. The molecule has 0 amide bonds. The number of hydrogen-bond donors (Lipinski definition) is 1. The highest BCUT2D eigenvalue weighted by atomic mass is 35.5. The number of thiophene rings is 1. The number of benzene rings is 2. The molecule has 0 fully saturated rings. The monoisotopic (exact) mass is 451 g/mol. The van der Waals surface area contributed by atoms with E-state index < -0.39 is 11.9 Å². The first-order valence-corrected chi connectivity index (χ1v) is 9.72. The van der Waals surface area contributed by atoms with Crippen LogP contribution in [0.2, 0.25) is 15.1 Å². The minimum atomic E-state index is -1.03. The molecule has 2 aromatic carbocycles. The van der Waals surface area contributed by atoms with E-state index in [2.05, 4.69) is 4.99 Å². The summed E-state index contributed by atoms with van der Waals surface area (Å²) in [7, 11) is 0. The molecular formula is C19H8Cl3NO4S. The third-order valence-corrected chi connectivity index (χ3v) is 6.06. The predicted octanol–water partition coefficient (Wildman–Crippen LogP) is 5.90. The van der Waals surface area contributed by atoms with Crippen molar-refractivity contribution in [3.8, 4) is 0 Å². The van der Waals surface area contributed by atoms with Crippen molar-refractivity contribution in [1.29, 1.82) is 0 Å². The summed E-state index contributed by atoms with van der Waals surface area (Å²) in [4.78, 5) is 27.8. The molecule has 4 rings (SSSR count). The van der Waals surface area contributed by atoms with Crippen molar-refractivity contribution in [3.63, 3.8) is 0 Å². The van der Waals surface area contributed by atoms with E-state index in [1.54, 1.807) is 24.3 Å². The lowest BCUT2D eigenvalue weighted by Crippen LogP contribution is -2.04. The van der Waals surface area contributed by atoms with E-state index in [1.807, 2.05) is 0 Å². The van der Waals surface area contributed by atoms with Gasteiger partial charge in [-0.15, -0.1) is 11.3 Å². The van der Waals surface area contributed by atoms with Gasteiger partial charge in [-0.25, -0.2) is 14.6 Å². The SMILES string of the molecule is O=C1OC(c2sc3cc(Cl)cc(Cl)c3c2Cl)=N/C1=C\c1ccc(C(=O)O)cc1. The minimum Gasteiger partial charge on any atom is -0.478 e. The number of halogens is 3. The number of carboxylic acid groups (broad SMARTS) is 1. The molecular weight excluding hydrogens is 445 g/mol. The summed E-state index contributed by atoms with van der Waals surface area (Å²) >= 11 is 20.0. The molecule has 140 valence electrons. The van der Waals surface area contributed by atoms with Gasteiger partial charge in [0.05, 0.1) is 15.6 Å². The van der Waals surface area contributed by atoms with Gasteiger partial charge in [-0.1, -0.05) is 46.9 Å². The van der Waals surface area contributed by atoms with Crippen molar-refractivity contribution >= 4 is 80.1 Å². The summed E-state index contributed by atoms with van der Waals surface area (Å²) in [5.41, 5.74) is 0.836. The lowest BCUT2D eigenvalue weighted by Gasteiger charge is -1.97.